The molecule has 0 aliphatic heterocycles. The molecule has 2 N–H and O–H groups in total. The van der Waals surface area contributed by atoms with Crippen LogP contribution in [-0.4, -0.2) is 24.9 Å². The fourth-order valence-electron chi connectivity index (χ4n) is 2.85. The molecule has 0 saturated carbocycles. The van der Waals surface area contributed by atoms with Gasteiger partial charge in [-0.3, -0.25) is 9.59 Å². The molecule has 5 nitrogen and oxygen atoms in total. The van der Waals surface area contributed by atoms with E-state index in [9.17, 15) is 9.59 Å². The number of amides is 2. The van der Waals surface area contributed by atoms with Crippen LogP contribution in [-0.2, 0) is 9.59 Å². The summed E-state index contributed by atoms with van der Waals surface area (Å²) < 4.78 is 0. The summed E-state index contributed by atoms with van der Waals surface area (Å²) in [7, 11) is 0. The number of hydrogen-bond acceptors (Lipinski definition) is 3. The molecule has 2 aromatic carbocycles. The normalized spacial score (nSPS) is 10.6. The van der Waals surface area contributed by atoms with Crippen molar-refractivity contribution >= 4 is 28.9 Å². The van der Waals surface area contributed by atoms with Crippen molar-refractivity contribution in [2.24, 2.45) is 0 Å². The number of nitrogens with zero attached hydrogens (tertiary/aromatic N) is 1. The highest BCUT2D eigenvalue weighted by atomic mass is 16.2. The molecule has 0 radical (unpaired) electrons. The fourth-order valence-corrected chi connectivity index (χ4v) is 2.85. The van der Waals surface area contributed by atoms with E-state index in [0.717, 1.165) is 18.8 Å². The van der Waals surface area contributed by atoms with Crippen LogP contribution in [0.4, 0.5) is 17.1 Å². The van der Waals surface area contributed by atoms with Gasteiger partial charge < -0.3 is 15.5 Å². The van der Waals surface area contributed by atoms with Gasteiger partial charge in [0.2, 0.25) is 11.8 Å². The zero-order valence-corrected chi connectivity index (χ0v) is 16.6. The van der Waals surface area contributed by atoms with Gasteiger partial charge in [0, 0.05) is 30.2 Å². The van der Waals surface area contributed by atoms with Crippen LogP contribution in [0.25, 0.3) is 0 Å². The number of hydrogen-bond donors (Lipinski definition) is 2. The molecule has 0 aromatic heterocycles. The first-order chi connectivity index (χ1) is 12.9. The van der Waals surface area contributed by atoms with Gasteiger partial charge >= 0.3 is 0 Å². The van der Waals surface area contributed by atoms with Gasteiger partial charge in [0.05, 0.1) is 0 Å². The van der Waals surface area contributed by atoms with Crippen LogP contribution < -0.4 is 15.5 Å². The van der Waals surface area contributed by atoms with Gasteiger partial charge in [-0.15, -0.1) is 0 Å². The van der Waals surface area contributed by atoms with E-state index in [1.807, 2.05) is 48.5 Å². The third-order valence-electron chi connectivity index (χ3n) is 4.46. The van der Waals surface area contributed by atoms with E-state index in [1.54, 1.807) is 0 Å². The number of rotatable bonds is 8. The third kappa shape index (κ3) is 6.13. The molecule has 2 amide bonds. The van der Waals surface area contributed by atoms with Crippen molar-refractivity contribution < 1.29 is 9.59 Å². The molecule has 0 unspecified atom stereocenters. The molecule has 0 saturated heterocycles. The lowest BCUT2D eigenvalue weighted by atomic mass is 10.0. The van der Waals surface area contributed by atoms with Crippen LogP contribution in [0.2, 0.25) is 0 Å². The van der Waals surface area contributed by atoms with Gasteiger partial charge in [-0.25, -0.2) is 0 Å². The van der Waals surface area contributed by atoms with Gasteiger partial charge in [0.1, 0.15) is 6.42 Å². The summed E-state index contributed by atoms with van der Waals surface area (Å²) in [4.78, 5) is 26.4. The highest BCUT2D eigenvalue weighted by Gasteiger charge is 2.11. The number of benzene rings is 2. The first-order valence-corrected chi connectivity index (χ1v) is 9.47. The second kappa shape index (κ2) is 9.76. The van der Waals surface area contributed by atoms with Gasteiger partial charge in [-0.2, -0.15) is 0 Å². The maximum atomic E-state index is 12.1. The van der Waals surface area contributed by atoms with Crippen LogP contribution in [0.1, 0.15) is 45.6 Å². The molecule has 0 aliphatic carbocycles. The lowest BCUT2D eigenvalue weighted by Crippen LogP contribution is -2.22. The van der Waals surface area contributed by atoms with E-state index >= 15 is 0 Å². The Morgan fingerprint density at radius 3 is 1.67 bits per heavy atom. The van der Waals surface area contributed by atoms with Crippen LogP contribution >= 0.6 is 0 Å². The maximum absolute atomic E-state index is 12.1. The van der Waals surface area contributed by atoms with Crippen LogP contribution in [0, 0.1) is 0 Å². The topological polar surface area (TPSA) is 61.4 Å². The molecular formula is C22H29N3O2. The highest BCUT2D eigenvalue weighted by Crippen LogP contribution is 2.19. The Balaban J connectivity index is 1.86. The second-order valence-electron chi connectivity index (χ2n) is 6.77. The van der Waals surface area contributed by atoms with Crippen molar-refractivity contribution in [2.75, 3.05) is 28.6 Å². The monoisotopic (exact) mass is 367 g/mol. The Morgan fingerprint density at radius 1 is 0.815 bits per heavy atom. The van der Waals surface area contributed by atoms with E-state index in [4.69, 9.17) is 0 Å². The molecule has 0 aliphatic rings. The van der Waals surface area contributed by atoms with Gasteiger partial charge in [-0.05, 0) is 61.7 Å². The van der Waals surface area contributed by atoms with Crippen LogP contribution in [0.15, 0.2) is 48.5 Å². The smallest absolute Gasteiger partial charge is 0.233 e. The van der Waals surface area contributed by atoms with Crippen molar-refractivity contribution in [1.29, 1.82) is 0 Å². The van der Waals surface area contributed by atoms with E-state index in [1.165, 1.54) is 5.56 Å². The standard InChI is InChI=1S/C22H29N3O2/c1-5-25(6-2)20-13-11-19(12-14-20)24-22(27)15-21(26)23-18-9-7-17(8-10-18)16(3)4/h7-14,16H,5-6,15H2,1-4H3,(H,23,26)(H,24,27). The summed E-state index contributed by atoms with van der Waals surface area (Å²) >= 11 is 0. The number of carbonyl (C=O) groups excluding carboxylic acids is 2. The largest absolute Gasteiger partial charge is 0.372 e. The number of nitrogens with one attached hydrogen (secondary N) is 2. The van der Waals surface area contributed by atoms with Crippen molar-refractivity contribution in [1.82, 2.24) is 0 Å². The Morgan fingerprint density at radius 2 is 1.26 bits per heavy atom. The van der Waals surface area contributed by atoms with Crippen LogP contribution in [0.3, 0.4) is 0 Å². The Labute approximate surface area is 161 Å². The van der Waals surface area contributed by atoms with Crippen molar-refractivity contribution in [3.8, 4) is 0 Å². The summed E-state index contributed by atoms with van der Waals surface area (Å²) in [5, 5.41) is 5.52. The average Bonchev–Trinajstić information content (AvgIpc) is 2.64. The van der Waals surface area contributed by atoms with Gasteiger partial charge in [-0.1, -0.05) is 26.0 Å². The van der Waals surface area contributed by atoms with Gasteiger partial charge in [0.25, 0.3) is 0 Å². The molecule has 0 spiro atoms. The molecular weight excluding hydrogens is 338 g/mol. The summed E-state index contributed by atoms with van der Waals surface area (Å²) in [5.41, 5.74) is 3.70. The summed E-state index contributed by atoms with van der Waals surface area (Å²) in [6.45, 7) is 10.3. The Kier molecular flexibility index (Phi) is 7.41. The fraction of sp³-hybridized carbons (Fsp3) is 0.364. The molecule has 0 atom stereocenters. The average molecular weight is 367 g/mol. The SMILES string of the molecule is CCN(CC)c1ccc(NC(=O)CC(=O)Nc2ccc(C(C)C)cc2)cc1. The molecule has 2 aromatic rings. The summed E-state index contributed by atoms with van der Waals surface area (Å²) in [6, 6.07) is 15.3. The quantitative estimate of drug-likeness (QED) is 0.669. The van der Waals surface area contributed by atoms with Crippen molar-refractivity contribution in [3.05, 3.63) is 54.1 Å². The molecule has 0 fully saturated rings. The van der Waals surface area contributed by atoms with E-state index < -0.39 is 0 Å². The minimum atomic E-state index is -0.332. The highest BCUT2D eigenvalue weighted by molar-refractivity contribution is 6.08. The maximum Gasteiger partial charge on any atom is 0.233 e. The van der Waals surface area contributed by atoms with E-state index in [-0.39, 0.29) is 18.2 Å². The van der Waals surface area contributed by atoms with Crippen molar-refractivity contribution in [2.45, 2.75) is 40.0 Å². The lowest BCUT2D eigenvalue weighted by Gasteiger charge is -2.21. The summed E-state index contributed by atoms with van der Waals surface area (Å²) in [5.74, 6) is -0.222. The predicted molar refractivity (Wildman–Crippen MR) is 112 cm³/mol. The number of carbonyl (C=O) groups is 2. The molecule has 144 valence electrons. The van der Waals surface area contributed by atoms with Crippen molar-refractivity contribution in [3.63, 3.8) is 0 Å². The molecule has 2 rings (SSSR count). The molecule has 0 heterocycles. The molecule has 27 heavy (non-hydrogen) atoms. The zero-order valence-electron chi connectivity index (χ0n) is 16.6. The minimum absolute atomic E-state index is 0.219. The third-order valence-corrected chi connectivity index (χ3v) is 4.46. The van der Waals surface area contributed by atoms with Crippen LogP contribution in [0.5, 0.6) is 0 Å². The Hall–Kier alpha value is -2.82. The lowest BCUT2D eigenvalue weighted by molar-refractivity contribution is -0.123. The van der Waals surface area contributed by atoms with Gasteiger partial charge in [0.15, 0.2) is 0 Å². The number of anilines is 3. The first kappa shape index (κ1) is 20.5. The van der Waals surface area contributed by atoms with E-state index in [2.05, 4.69) is 43.2 Å². The molecule has 0 bridgehead atoms. The summed E-state index contributed by atoms with van der Waals surface area (Å²) in [6.07, 6.45) is -0.219. The zero-order chi connectivity index (χ0) is 19.8. The predicted octanol–water partition coefficient (Wildman–Crippen LogP) is 4.62. The minimum Gasteiger partial charge on any atom is -0.372 e. The molecule has 5 heteroatoms. The first-order valence-electron chi connectivity index (χ1n) is 9.47. The van der Waals surface area contributed by atoms with E-state index in [0.29, 0.717) is 17.3 Å². The second-order valence-corrected chi connectivity index (χ2v) is 6.77. The Bertz CT molecular complexity index is 748.